The van der Waals surface area contributed by atoms with Gasteiger partial charge in [-0.2, -0.15) is 4.31 Å². The van der Waals surface area contributed by atoms with Crippen LogP contribution in [0.1, 0.15) is 52.9 Å². The molecule has 0 radical (unpaired) electrons. The summed E-state index contributed by atoms with van der Waals surface area (Å²) >= 11 is 0. The van der Waals surface area contributed by atoms with Gasteiger partial charge < -0.3 is 16.2 Å². The normalized spacial score (nSPS) is 38.1. The van der Waals surface area contributed by atoms with Gasteiger partial charge in [0.05, 0.1) is 30.5 Å². The number of piperidine rings is 1. The highest BCUT2D eigenvalue weighted by Gasteiger charge is 2.45. The van der Waals surface area contributed by atoms with Crippen LogP contribution in [-0.2, 0) is 19.6 Å². The van der Waals surface area contributed by atoms with E-state index >= 15 is 0 Å². The van der Waals surface area contributed by atoms with Crippen LogP contribution in [0.4, 0.5) is 0 Å². The fourth-order valence-corrected chi connectivity index (χ4v) is 8.29. The Morgan fingerprint density at radius 3 is 2.47 bits per heavy atom. The first-order chi connectivity index (χ1) is 16.9. The van der Waals surface area contributed by atoms with Crippen LogP contribution in [0.15, 0.2) is 0 Å². The second-order valence-corrected chi connectivity index (χ2v) is 14.4. The summed E-state index contributed by atoms with van der Waals surface area (Å²) in [6.07, 6.45) is 3.62. The van der Waals surface area contributed by atoms with Gasteiger partial charge in [-0.05, 0) is 43.4 Å². The molecule has 7 atom stereocenters. The lowest BCUT2D eigenvalue weighted by atomic mass is 9.70. The Morgan fingerprint density at radius 2 is 1.83 bits per heavy atom. The third-order valence-electron chi connectivity index (χ3n) is 8.55. The van der Waals surface area contributed by atoms with Crippen molar-refractivity contribution < 1.29 is 17.9 Å². The quantitative estimate of drug-likeness (QED) is 0.296. The van der Waals surface area contributed by atoms with E-state index in [1.54, 1.807) is 4.31 Å². The van der Waals surface area contributed by atoms with Crippen molar-refractivity contribution in [3.05, 3.63) is 0 Å². The highest BCUT2D eigenvalue weighted by molar-refractivity contribution is 7.89. The lowest BCUT2D eigenvalue weighted by Crippen LogP contribution is -2.72. The van der Waals surface area contributed by atoms with E-state index in [2.05, 4.69) is 41.6 Å². The van der Waals surface area contributed by atoms with Gasteiger partial charge in [-0.1, -0.05) is 20.8 Å². The molecule has 0 aromatic carbocycles. The fourth-order valence-electron chi connectivity index (χ4n) is 6.26. The fraction of sp³-hybridized carbons (Fsp3) is 0.958. The van der Waals surface area contributed by atoms with Gasteiger partial charge in [-0.25, -0.2) is 8.42 Å². The zero-order valence-corrected chi connectivity index (χ0v) is 22.9. The van der Waals surface area contributed by atoms with Crippen molar-refractivity contribution in [3.63, 3.8) is 0 Å². The summed E-state index contributed by atoms with van der Waals surface area (Å²) in [4.78, 5) is 14.6. The number of carbonyl (C=O) groups excluding carboxylic acids is 1. The van der Waals surface area contributed by atoms with E-state index in [0.717, 1.165) is 32.4 Å². The molecule has 208 valence electrons. The molecule has 3 saturated heterocycles. The Morgan fingerprint density at radius 1 is 1.11 bits per heavy atom. The van der Waals surface area contributed by atoms with Crippen molar-refractivity contribution in [2.75, 3.05) is 45.9 Å². The van der Waals surface area contributed by atoms with Crippen LogP contribution in [-0.4, -0.2) is 99.3 Å². The van der Waals surface area contributed by atoms with E-state index < -0.39 is 21.2 Å². The molecule has 11 nitrogen and oxygen atoms in total. The van der Waals surface area contributed by atoms with Gasteiger partial charge in [0.25, 0.3) is 0 Å². The summed E-state index contributed by atoms with van der Waals surface area (Å²) in [7, 11) is -3.45. The molecule has 0 aromatic heterocycles. The number of ether oxygens (including phenoxy) is 1. The number of nitrogens with two attached hydrogens (primary N) is 2. The van der Waals surface area contributed by atoms with Gasteiger partial charge in [-0.15, -0.1) is 0 Å². The van der Waals surface area contributed by atoms with Gasteiger partial charge in [-0.3, -0.25) is 25.6 Å². The average molecular weight is 530 g/mol. The van der Waals surface area contributed by atoms with E-state index in [1.165, 1.54) is 0 Å². The number of amides is 1. The van der Waals surface area contributed by atoms with E-state index in [4.69, 9.17) is 16.2 Å². The number of morpholine rings is 1. The van der Waals surface area contributed by atoms with Crippen molar-refractivity contribution in [2.24, 2.45) is 28.7 Å². The monoisotopic (exact) mass is 529 g/mol. The number of nitrogens with one attached hydrogen (secondary N) is 3. The Kier molecular flexibility index (Phi) is 8.98. The van der Waals surface area contributed by atoms with E-state index in [-0.39, 0.29) is 41.8 Å². The van der Waals surface area contributed by atoms with Crippen LogP contribution >= 0.6 is 0 Å². The molecule has 1 amide bonds. The number of nitrogens with zero attached hydrogens (tertiary/aromatic N) is 2. The molecule has 0 spiro atoms. The number of hydrogen-bond acceptors (Lipinski definition) is 9. The van der Waals surface area contributed by atoms with Gasteiger partial charge in [0.1, 0.15) is 6.29 Å². The maximum atomic E-state index is 13.6. The molecule has 1 saturated carbocycles. The molecular weight excluding hydrogens is 482 g/mol. The van der Waals surface area contributed by atoms with Crippen molar-refractivity contribution in [1.29, 1.82) is 0 Å². The molecule has 4 rings (SSSR count). The van der Waals surface area contributed by atoms with Crippen molar-refractivity contribution in [2.45, 2.75) is 82.7 Å². The molecule has 0 aromatic rings. The Labute approximate surface area is 216 Å². The molecule has 36 heavy (non-hydrogen) atoms. The lowest BCUT2D eigenvalue weighted by Gasteiger charge is -2.47. The van der Waals surface area contributed by atoms with Gasteiger partial charge in [0, 0.05) is 44.8 Å². The summed E-state index contributed by atoms with van der Waals surface area (Å²) in [5, 5.41) is 10.2. The minimum Gasteiger partial charge on any atom is -0.379 e. The molecule has 1 aliphatic carbocycles. The predicted molar refractivity (Wildman–Crippen MR) is 139 cm³/mol. The first kappa shape index (κ1) is 28.2. The second-order valence-electron chi connectivity index (χ2n) is 12.2. The summed E-state index contributed by atoms with van der Waals surface area (Å²) in [5.74, 6) is -0.583. The van der Waals surface area contributed by atoms with Gasteiger partial charge in [0.2, 0.25) is 15.9 Å². The number of primary amides is 1. The number of carbonyl (C=O) groups is 1. The smallest absolute Gasteiger partial charge is 0.224 e. The van der Waals surface area contributed by atoms with Crippen molar-refractivity contribution >= 4 is 15.9 Å². The Balaban J connectivity index is 1.50. The molecule has 6 unspecified atom stereocenters. The second kappa shape index (κ2) is 11.5. The molecule has 4 fully saturated rings. The van der Waals surface area contributed by atoms with Crippen LogP contribution < -0.4 is 27.4 Å². The van der Waals surface area contributed by atoms with E-state index in [9.17, 15) is 13.2 Å². The number of likely N-dealkylation sites (tertiary alicyclic amines) is 1. The molecule has 4 aliphatic rings. The third-order valence-corrected chi connectivity index (χ3v) is 10.9. The highest BCUT2D eigenvalue weighted by Crippen LogP contribution is 2.41. The predicted octanol–water partition coefficient (Wildman–Crippen LogP) is -0.851. The van der Waals surface area contributed by atoms with Crippen LogP contribution in [0.25, 0.3) is 0 Å². The van der Waals surface area contributed by atoms with E-state index in [1.807, 2.05) is 0 Å². The van der Waals surface area contributed by atoms with Gasteiger partial charge >= 0.3 is 0 Å². The van der Waals surface area contributed by atoms with Crippen LogP contribution in [0.3, 0.4) is 0 Å². The molecular formula is C24H47N7O4S. The molecule has 3 heterocycles. The number of sulfonamides is 1. The molecule has 0 bridgehead atoms. The highest BCUT2D eigenvalue weighted by atomic mass is 32.2. The van der Waals surface area contributed by atoms with Crippen molar-refractivity contribution in [3.8, 4) is 0 Å². The maximum absolute atomic E-state index is 13.6. The summed E-state index contributed by atoms with van der Waals surface area (Å²) in [6, 6.07) is 0.0881. The zero-order chi connectivity index (χ0) is 26.1. The first-order valence-electron chi connectivity index (χ1n) is 13.6. The van der Waals surface area contributed by atoms with Crippen LogP contribution in [0.5, 0.6) is 0 Å². The Bertz CT molecular complexity index is 861. The topological polar surface area (TPSA) is 155 Å². The zero-order valence-electron chi connectivity index (χ0n) is 22.1. The SMILES string of the molecule is CC(C)(C)C1CC(NC2NC(N3CCC[C@H](N)C3)NCC2C(N)=O)CC(S(=O)(=O)N2CCOCC2)C1. The minimum atomic E-state index is -3.45. The largest absolute Gasteiger partial charge is 0.379 e. The third kappa shape index (κ3) is 6.58. The van der Waals surface area contributed by atoms with Gasteiger partial charge in [0.15, 0.2) is 0 Å². The summed E-state index contributed by atoms with van der Waals surface area (Å²) in [6.45, 7) is 10.4. The summed E-state index contributed by atoms with van der Waals surface area (Å²) < 4.78 is 34.3. The summed E-state index contributed by atoms with van der Waals surface area (Å²) in [5.41, 5.74) is 12.0. The first-order valence-corrected chi connectivity index (χ1v) is 15.1. The van der Waals surface area contributed by atoms with E-state index in [0.29, 0.717) is 45.7 Å². The number of rotatable bonds is 6. The molecule has 12 heteroatoms. The standard InChI is InChI=1S/C24H47N7O4S/c1-24(2,3)16-11-18(13-19(12-16)36(33,34)31-7-9-35-10-8-31)28-22-20(21(26)32)14-27-23(29-22)30-6-4-5-17(25)15-30/h16-20,22-23,27-29H,4-15,25H2,1-3H3,(H2,26,32)/t16?,17-,18?,19?,20?,22?,23?/m0/s1. The molecule has 3 aliphatic heterocycles. The van der Waals surface area contributed by atoms with Crippen molar-refractivity contribution in [1.82, 2.24) is 25.2 Å². The average Bonchev–Trinajstić information content (AvgIpc) is 2.83. The molecule has 7 N–H and O–H groups in total. The Hall–Kier alpha value is -0.860. The maximum Gasteiger partial charge on any atom is 0.224 e. The number of hydrogen-bond donors (Lipinski definition) is 5. The van der Waals surface area contributed by atoms with Crippen LogP contribution in [0.2, 0.25) is 0 Å². The minimum absolute atomic E-state index is 0.0315. The lowest BCUT2D eigenvalue weighted by molar-refractivity contribution is -0.124. The van der Waals surface area contributed by atoms with Crippen LogP contribution in [0, 0.1) is 17.3 Å².